The van der Waals surface area contributed by atoms with Crippen molar-refractivity contribution < 1.29 is 0 Å². The molecule has 7 heteroatoms. The van der Waals surface area contributed by atoms with Crippen molar-refractivity contribution in [1.82, 2.24) is 24.7 Å². The van der Waals surface area contributed by atoms with E-state index in [0.29, 0.717) is 0 Å². The van der Waals surface area contributed by atoms with Crippen LogP contribution in [0.1, 0.15) is 31.7 Å². The van der Waals surface area contributed by atoms with Crippen LogP contribution in [0.15, 0.2) is 23.0 Å². The Kier molecular flexibility index (Phi) is 5.85. The lowest BCUT2D eigenvalue weighted by Gasteiger charge is -2.37. The minimum Gasteiger partial charge on any atom is -0.371 e. The number of piperidine rings is 2. The molecule has 0 bridgehead atoms. The first kappa shape index (κ1) is 20.1. The average Bonchev–Trinajstić information content (AvgIpc) is 3.05. The molecule has 3 aliphatic rings. The fraction of sp³-hybridized carbons (Fsp3) is 0.696. The summed E-state index contributed by atoms with van der Waals surface area (Å²) in [7, 11) is 1.92. The maximum atomic E-state index is 13.0. The maximum absolute atomic E-state index is 13.0. The van der Waals surface area contributed by atoms with Gasteiger partial charge in [0, 0.05) is 65.1 Å². The predicted molar refractivity (Wildman–Crippen MR) is 123 cm³/mol. The van der Waals surface area contributed by atoms with Gasteiger partial charge in [0.05, 0.1) is 17.1 Å². The van der Waals surface area contributed by atoms with Crippen molar-refractivity contribution in [2.75, 3.05) is 63.8 Å². The number of hydrogen-bond acceptors (Lipinski definition) is 5. The summed E-state index contributed by atoms with van der Waals surface area (Å²) in [5, 5.41) is 6.89. The summed E-state index contributed by atoms with van der Waals surface area (Å²) in [5.74, 6) is 0.812. The van der Waals surface area contributed by atoms with E-state index in [-0.39, 0.29) is 11.7 Å². The first-order chi connectivity index (χ1) is 14.7. The first-order valence-corrected chi connectivity index (χ1v) is 11.8. The van der Waals surface area contributed by atoms with E-state index >= 15 is 0 Å². The van der Waals surface area contributed by atoms with Crippen LogP contribution in [0, 0.1) is 5.92 Å². The zero-order valence-corrected chi connectivity index (χ0v) is 18.3. The van der Waals surface area contributed by atoms with Gasteiger partial charge in [-0.05, 0) is 56.3 Å². The number of nitrogens with zero attached hydrogens (tertiary/aromatic N) is 4. The van der Waals surface area contributed by atoms with Crippen LogP contribution < -0.4 is 21.2 Å². The maximum Gasteiger partial charge on any atom is 0.329 e. The van der Waals surface area contributed by atoms with Crippen molar-refractivity contribution >= 4 is 16.7 Å². The Labute approximate surface area is 179 Å². The molecule has 7 nitrogen and oxygen atoms in total. The van der Waals surface area contributed by atoms with Crippen LogP contribution in [0.4, 0.5) is 5.69 Å². The van der Waals surface area contributed by atoms with E-state index in [1.807, 2.05) is 16.2 Å². The quantitative estimate of drug-likeness (QED) is 0.795. The van der Waals surface area contributed by atoms with Gasteiger partial charge < -0.3 is 20.4 Å². The molecule has 0 saturated carbocycles. The van der Waals surface area contributed by atoms with E-state index in [1.54, 1.807) is 0 Å². The van der Waals surface area contributed by atoms with E-state index < -0.39 is 0 Å². The fourth-order valence-electron chi connectivity index (χ4n) is 5.59. The number of nitrogens with one attached hydrogen (secondary N) is 2. The summed E-state index contributed by atoms with van der Waals surface area (Å²) in [6.45, 7) is 10.1. The van der Waals surface area contributed by atoms with Crippen LogP contribution in [0.5, 0.6) is 0 Å². The van der Waals surface area contributed by atoms with Crippen molar-refractivity contribution in [2.45, 2.75) is 31.7 Å². The van der Waals surface area contributed by atoms with Gasteiger partial charge in [0.25, 0.3) is 0 Å². The monoisotopic (exact) mass is 412 g/mol. The van der Waals surface area contributed by atoms with Gasteiger partial charge in [-0.3, -0.25) is 9.13 Å². The molecule has 1 unspecified atom stereocenters. The largest absolute Gasteiger partial charge is 0.371 e. The molecule has 3 fully saturated rings. The van der Waals surface area contributed by atoms with Crippen molar-refractivity contribution in [2.24, 2.45) is 13.0 Å². The topological polar surface area (TPSA) is 57.5 Å². The third-order valence-corrected chi connectivity index (χ3v) is 7.41. The predicted octanol–water partition coefficient (Wildman–Crippen LogP) is 1.39. The summed E-state index contributed by atoms with van der Waals surface area (Å²) in [5.41, 5.74) is 3.52. The number of rotatable bonds is 4. The molecule has 1 aromatic heterocycles. The minimum absolute atomic E-state index is 0.116. The van der Waals surface area contributed by atoms with Crippen LogP contribution in [-0.2, 0) is 7.05 Å². The Morgan fingerprint density at radius 1 is 0.967 bits per heavy atom. The van der Waals surface area contributed by atoms with Gasteiger partial charge in [-0.25, -0.2) is 4.79 Å². The number of aryl methyl sites for hydroxylation is 1. The lowest BCUT2D eigenvalue weighted by molar-refractivity contribution is 0.190. The molecule has 3 saturated heterocycles. The van der Waals surface area contributed by atoms with Gasteiger partial charge in [-0.2, -0.15) is 0 Å². The number of hydrogen-bond donors (Lipinski definition) is 2. The molecule has 0 amide bonds. The number of anilines is 1. The zero-order valence-electron chi connectivity index (χ0n) is 18.3. The molecular weight excluding hydrogens is 376 g/mol. The van der Waals surface area contributed by atoms with E-state index in [0.717, 1.165) is 69.1 Å². The van der Waals surface area contributed by atoms with E-state index in [1.165, 1.54) is 38.2 Å². The smallest absolute Gasteiger partial charge is 0.329 e. The third kappa shape index (κ3) is 3.90. The van der Waals surface area contributed by atoms with Crippen LogP contribution in [-0.4, -0.2) is 72.9 Å². The number of benzene rings is 1. The molecule has 0 aliphatic carbocycles. The van der Waals surface area contributed by atoms with Crippen molar-refractivity contribution in [3.05, 3.63) is 28.7 Å². The zero-order chi connectivity index (χ0) is 20.5. The molecule has 5 rings (SSSR count). The lowest BCUT2D eigenvalue weighted by atomic mass is 9.95. The highest BCUT2D eigenvalue weighted by molar-refractivity contribution is 5.80. The molecular formula is C23H36N6O. The molecule has 0 radical (unpaired) electrons. The summed E-state index contributed by atoms with van der Waals surface area (Å²) in [6, 6.07) is 6.90. The van der Waals surface area contributed by atoms with Crippen LogP contribution in [0.25, 0.3) is 11.0 Å². The molecule has 2 N–H and O–H groups in total. The van der Waals surface area contributed by atoms with Gasteiger partial charge in [0.1, 0.15) is 0 Å². The molecule has 30 heavy (non-hydrogen) atoms. The number of piperazine rings is 1. The molecule has 2 aromatic rings. The molecule has 1 aromatic carbocycles. The molecule has 164 valence electrons. The van der Waals surface area contributed by atoms with E-state index in [4.69, 9.17) is 0 Å². The molecule has 1 atom stereocenters. The SMILES string of the molecule is Cn1c(=O)n(C2CCCNC2)c2ccc(N3CCC(CN4CCNCC4)CC3)cc21. The number of fused-ring (bicyclic) bond motifs is 1. The Hall–Kier alpha value is -1.83. The third-order valence-electron chi connectivity index (χ3n) is 7.41. The molecule has 4 heterocycles. The molecule has 0 spiro atoms. The highest BCUT2D eigenvalue weighted by Crippen LogP contribution is 2.28. The Balaban J connectivity index is 1.30. The van der Waals surface area contributed by atoms with Crippen LogP contribution >= 0.6 is 0 Å². The normalized spacial score (nSPS) is 24.6. The summed E-state index contributed by atoms with van der Waals surface area (Å²) in [6.07, 6.45) is 4.73. The summed E-state index contributed by atoms with van der Waals surface area (Å²) in [4.78, 5) is 18.1. The Morgan fingerprint density at radius 2 is 1.77 bits per heavy atom. The second-order valence-electron chi connectivity index (χ2n) is 9.37. The standard InChI is InChI=1S/C23H36N6O/c1-26-22-15-19(4-5-21(22)29(23(26)30)20-3-2-8-25-16-20)28-11-6-18(7-12-28)17-27-13-9-24-10-14-27/h4-5,15,18,20,24-25H,2-3,6-14,16-17H2,1H3. The fourth-order valence-corrected chi connectivity index (χ4v) is 5.59. The summed E-state index contributed by atoms with van der Waals surface area (Å²) >= 11 is 0. The van der Waals surface area contributed by atoms with Crippen LogP contribution in [0.3, 0.4) is 0 Å². The Morgan fingerprint density at radius 3 is 2.50 bits per heavy atom. The Bertz CT molecular complexity index is 914. The van der Waals surface area contributed by atoms with E-state index in [9.17, 15) is 4.79 Å². The van der Waals surface area contributed by atoms with Crippen molar-refractivity contribution in [3.63, 3.8) is 0 Å². The average molecular weight is 413 g/mol. The number of aromatic nitrogens is 2. The van der Waals surface area contributed by atoms with Crippen molar-refractivity contribution in [3.8, 4) is 0 Å². The first-order valence-electron chi connectivity index (χ1n) is 11.8. The van der Waals surface area contributed by atoms with Gasteiger partial charge in [-0.15, -0.1) is 0 Å². The minimum atomic E-state index is 0.116. The van der Waals surface area contributed by atoms with Gasteiger partial charge in [-0.1, -0.05) is 0 Å². The second kappa shape index (κ2) is 8.73. The lowest BCUT2D eigenvalue weighted by Crippen LogP contribution is -2.46. The second-order valence-corrected chi connectivity index (χ2v) is 9.37. The molecule has 3 aliphatic heterocycles. The van der Waals surface area contributed by atoms with Gasteiger partial charge in [0.2, 0.25) is 0 Å². The van der Waals surface area contributed by atoms with Gasteiger partial charge in [0.15, 0.2) is 0 Å². The highest BCUT2D eigenvalue weighted by Gasteiger charge is 2.24. The van der Waals surface area contributed by atoms with Gasteiger partial charge >= 0.3 is 5.69 Å². The number of imidazole rings is 1. The van der Waals surface area contributed by atoms with E-state index in [2.05, 4.69) is 38.6 Å². The van der Waals surface area contributed by atoms with Crippen LogP contribution in [0.2, 0.25) is 0 Å². The van der Waals surface area contributed by atoms with Crippen molar-refractivity contribution in [1.29, 1.82) is 0 Å². The highest BCUT2D eigenvalue weighted by atomic mass is 16.1. The summed E-state index contributed by atoms with van der Waals surface area (Å²) < 4.78 is 3.86.